The minimum atomic E-state index is -0.270. The Morgan fingerprint density at radius 2 is 0.448 bits per heavy atom. The van der Waals surface area contributed by atoms with Gasteiger partial charge in [0.2, 0.25) is 0 Å². The second-order valence-electron chi connectivity index (χ2n) is 22.9. The standard InChI is InChI=1S/C87H62O9/c1-60-37-39-79(40-38-60)96-86-55-69(54-85(58-86)95-78-35-21-8-22-36-78)64-43-63(62-41-61(59-89-72-23-9-2-10-24-72)42-80(49-62)90-73-25-11-3-12-26-73)45-70(46-64)87(88)71-47-65(67-50-81(91-74-27-13-4-14-28-74)56-82(51-67)92-75-29-15-5-16-30-75)44-66(48-71)68-52-83(93-76-31-17-6-18-32-76)57-84(53-68)94-77-33-19-7-20-34-77/h2-58H,59H2,1H3. The highest BCUT2D eigenvalue weighted by Gasteiger charge is 2.21. The van der Waals surface area contributed by atoms with E-state index in [0.29, 0.717) is 119 Å². The van der Waals surface area contributed by atoms with Crippen LogP contribution in [0.1, 0.15) is 27.0 Å². The Hall–Kier alpha value is -12.9. The first kappa shape index (κ1) is 60.7. The van der Waals surface area contributed by atoms with Crippen molar-refractivity contribution in [3.8, 4) is 131 Å². The van der Waals surface area contributed by atoms with Gasteiger partial charge in [0.25, 0.3) is 0 Å². The topological polar surface area (TPSA) is 90.9 Å². The Morgan fingerprint density at radius 3 is 0.729 bits per heavy atom. The number of rotatable bonds is 23. The summed E-state index contributed by atoms with van der Waals surface area (Å²) in [6, 6.07) is 111. The van der Waals surface area contributed by atoms with Gasteiger partial charge in [0, 0.05) is 29.3 Å². The molecule has 0 heterocycles. The van der Waals surface area contributed by atoms with Crippen molar-refractivity contribution in [1.29, 1.82) is 0 Å². The van der Waals surface area contributed by atoms with E-state index in [-0.39, 0.29) is 12.4 Å². The molecule has 0 unspecified atom stereocenters. The SMILES string of the molecule is Cc1ccc(Oc2cc(Oc3ccccc3)cc(-c3cc(C(=O)c4cc(-c5cc(Oc6ccccc6)cc(Oc6ccccc6)c5)cc(-c5cc(Oc6ccccc6)cc(Oc6ccccc6)c5)c4)cc(-c4cc(COc5ccccc5)cc(Oc5ccccc5)c4)c3)c2)cc1. The molecule has 9 heteroatoms. The van der Waals surface area contributed by atoms with Crippen molar-refractivity contribution in [2.75, 3.05) is 0 Å². The molecule has 0 fully saturated rings. The minimum absolute atomic E-state index is 0.230. The van der Waals surface area contributed by atoms with Gasteiger partial charge in [-0.2, -0.15) is 0 Å². The maximum Gasteiger partial charge on any atom is 0.193 e. The second-order valence-corrected chi connectivity index (χ2v) is 22.9. The van der Waals surface area contributed by atoms with Crippen LogP contribution in [-0.4, -0.2) is 5.78 Å². The number of ketones is 1. The lowest BCUT2D eigenvalue weighted by Crippen LogP contribution is -2.04. The van der Waals surface area contributed by atoms with E-state index in [1.807, 2.05) is 335 Å². The van der Waals surface area contributed by atoms with Crippen LogP contribution in [0, 0.1) is 6.92 Å². The number of carbonyl (C=O) groups excluding carboxylic acids is 1. The molecule has 14 aromatic rings. The molecular weight excluding hydrogens is 1190 g/mol. The van der Waals surface area contributed by atoms with E-state index < -0.39 is 0 Å². The predicted molar refractivity (Wildman–Crippen MR) is 379 cm³/mol. The van der Waals surface area contributed by atoms with Gasteiger partial charge in [-0.15, -0.1) is 0 Å². The number of hydrogen-bond donors (Lipinski definition) is 0. The number of benzene rings is 14. The molecule has 0 amide bonds. The van der Waals surface area contributed by atoms with Gasteiger partial charge in [-0.05, 0) is 245 Å². The zero-order chi connectivity index (χ0) is 64.8. The van der Waals surface area contributed by atoms with Gasteiger partial charge >= 0.3 is 0 Å². The van der Waals surface area contributed by atoms with E-state index in [9.17, 15) is 0 Å². The van der Waals surface area contributed by atoms with Gasteiger partial charge in [0.15, 0.2) is 5.78 Å². The molecular formula is C87H62O9. The van der Waals surface area contributed by atoms with Crippen molar-refractivity contribution in [2.45, 2.75) is 13.5 Å². The number of aryl methyl sites for hydroxylation is 1. The molecule has 464 valence electrons. The van der Waals surface area contributed by atoms with Crippen molar-refractivity contribution in [3.05, 3.63) is 368 Å². The number of hydrogen-bond acceptors (Lipinski definition) is 9. The van der Waals surface area contributed by atoms with Gasteiger partial charge in [0.05, 0.1) is 0 Å². The lowest BCUT2D eigenvalue weighted by molar-refractivity contribution is 0.103. The Morgan fingerprint density at radius 1 is 0.219 bits per heavy atom. The monoisotopic (exact) mass is 1250 g/mol. The molecule has 96 heavy (non-hydrogen) atoms. The predicted octanol–water partition coefficient (Wildman–Crippen LogP) is 24.0. The van der Waals surface area contributed by atoms with Crippen molar-refractivity contribution in [2.24, 2.45) is 0 Å². The van der Waals surface area contributed by atoms with E-state index in [2.05, 4.69) is 18.2 Å². The fraction of sp³-hybridized carbons (Fsp3) is 0.0230. The van der Waals surface area contributed by atoms with E-state index in [1.54, 1.807) is 0 Å². The van der Waals surface area contributed by atoms with Crippen molar-refractivity contribution in [1.82, 2.24) is 0 Å². The third-order valence-corrected chi connectivity index (χ3v) is 15.6. The van der Waals surface area contributed by atoms with E-state index in [0.717, 1.165) is 33.6 Å². The first-order chi connectivity index (χ1) is 47.2. The first-order valence-electron chi connectivity index (χ1n) is 31.5. The summed E-state index contributed by atoms with van der Waals surface area (Å²) in [6.07, 6.45) is 0. The van der Waals surface area contributed by atoms with Crippen LogP contribution in [0.2, 0.25) is 0 Å². The minimum Gasteiger partial charge on any atom is -0.489 e. The van der Waals surface area contributed by atoms with Crippen molar-refractivity contribution in [3.63, 3.8) is 0 Å². The van der Waals surface area contributed by atoms with Gasteiger partial charge in [0.1, 0.15) is 92.8 Å². The fourth-order valence-electron chi connectivity index (χ4n) is 11.1. The summed E-state index contributed by atoms with van der Waals surface area (Å²) in [7, 11) is 0. The molecule has 0 spiro atoms. The van der Waals surface area contributed by atoms with Crippen molar-refractivity contribution < 1.29 is 42.7 Å². The number of para-hydroxylation sites is 7. The van der Waals surface area contributed by atoms with Gasteiger partial charge in [-0.1, -0.05) is 145 Å². The average Bonchev–Trinajstić information content (AvgIpc) is 0.810. The van der Waals surface area contributed by atoms with E-state index in [4.69, 9.17) is 37.9 Å². The molecule has 0 atom stereocenters. The highest BCUT2D eigenvalue weighted by atomic mass is 16.5. The van der Waals surface area contributed by atoms with Crippen LogP contribution in [0.5, 0.6) is 86.2 Å². The third kappa shape index (κ3) is 15.7. The largest absolute Gasteiger partial charge is 0.489 e. The molecule has 0 radical (unpaired) electrons. The van der Waals surface area contributed by atoms with Crippen LogP contribution in [0.3, 0.4) is 0 Å². The number of ether oxygens (including phenoxy) is 8. The van der Waals surface area contributed by atoms with Crippen LogP contribution >= 0.6 is 0 Å². The highest BCUT2D eigenvalue weighted by molar-refractivity contribution is 6.11. The molecule has 0 aliphatic heterocycles. The Balaban J connectivity index is 0.968. The zero-order valence-electron chi connectivity index (χ0n) is 52.3. The molecule has 0 aliphatic rings. The number of carbonyl (C=O) groups is 1. The Labute approximate surface area is 557 Å². The molecule has 9 nitrogen and oxygen atoms in total. The van der Waals surface area contributed by atoms with Gasteiger partial charge in [-0.3, -0.25) is 4.79 Å². The van der Waals surface area contributed by atoms with Gasteiger partial charge in [-0.25, -0.2) is 0 Å². The summed E-state index contributed by atoms with van der Waals surface area (Å²) < 4.78 is 52.7. The lowest BCUT2D eigenvalue weighted by Gasteiger charge is -2.17. The van der Waals surface area contributed by atoms with Crippen molar-refractivity contribution >= 4 is 5.78 Å². The summed E-state index contributed by atoms with van der Waals surface area (Å²) in [5.41, 5.74) is 8.47. The third-order valence-electron chi connectivity index (χ3n) is 15.6. The van der Waals surface area contributed by atoms with Crippen LogP contribution in [0.4, 0.5) is 0 Å². The molecule has 0 N–H and O–H groups in total. The quantitative estimate of drug-likeness (QED) is 0.0581. The lowest BCUT2D eigenvalue weighted by atomic mass is 9.89. The molecule has 0 aliphatic carbocycles. The molecule has 0 aromatic heterocycles. The molecule has 0 bridgehead atoms. The van der Waals surface area contributed by atoms with Gasteiger partial charge < -0.3 is 37.9 Å². The maximum atomic E-state index is 16.5. The Bertz CT molecular complexity index is 4690. The molecule has 14 aromatic carbocycles. The zero-order valence-corrected chi connectivity index (χ0v) is 52.3. The average molecular weight is 1250 g/mol. The summed E-state index contributed by atoms with van der Waals surface area (Å²) in [6.45, 7) is 2.27. The summed E-state index contributed by atoms with van der Waals surface area (Å²) in [4.78, 5) is 16.5. The van der Waals surface area contributed by atoms with Crippen LogP contribution in [0.25, 0.3) is 44.5 Å². The van der Waals surface area contributed by atoms with E-state index >= 15 is 4.79 Å². The van der Waals surface area contributed by atoms with Crippen LogP contribution in [-0.2, 0) is 6.61 Å². The summed E-state index contributed by atoms with van der Waals surface area (Å²) in [5, 5.41) is 0. The second kappa shape index (κ2) is 28.8. The van der Waals surface area contributed by atoms with E-state index in [1.165, 1.54) is 0 Å². The maximum absolute atomic E-state index is 16.5. The Kier molecular flexibility index (Phi) is 18.2. The normalized spacial score (nSPS) is 10.8. The molecule has 14 rings (SSSR count). The summed E-state index contributed by atoms with van der Waals surface area (Å²) in [5.74, 6) is 8.68. The molecule has 0 saturated heterocycles. The summed E-state index contributed by atoms with van der Waals surface area (Å²) >= 11 is 0. The highest BCUT2D eigenvalue weighted by Crippen LogP contribution is 2.43. The van der Waals surface area contributed by atoms with Crippen LogP contribution in [0.15, 0.2) is 346 Å². The fourth-order valence-corrected chi connectivity index (χ4v) is 11.1. The smallest absolute Gasteiger partial charge is 0.193 e. The van der Waals surface area contributed by atoms with Crippen LogP contribution < -0.4 is 37.9 Å². The molecule has 0 saturated carbocycles. The first-order valence-corrected chi connectivity index (χ1v) is 31.5.